The van der Waals surface area contributed by atoms with Crippen LogP contribution in [-0.4, -0.2) is 12.2 Å². The molecule has 0 amide bonds. The largest absolute Gasteiger partial charge is 0.312 e. The molecule has 80 valence electrons. The summed E-state index contributed by atoms with van der Waals surface area (Å²) in [4.78, 5) is 16.7. The normalized spacial score (nSPS) is 7.13. The number of carbonyl (C=O) groups excluding carboxylic acids is 2. The third-order valence-corrected chi connectivity index (χ3v) is 1.18. The topological polar surface area (TPSA) is 134 Å². The van der Waals surface area contributed by atoms with Crippen LogP contribution in [0.5, 0.6) is 0 Å². The fourth-order valence-corrected chi connectivity index (χ4v) is 0.675. The molecule has 1 aromatic rings. The van der Waals surface area contributed by atoms with Gasteiger partial charge in [0.15, 0.2) is 0 Å². The van der Waals surface area contributed by atoms with Crippen molar-refractivity contribution >= 4 is 12.2 Å². The molecule has 1 rings (SSSR count). The van der Waals surface area contributed by atoms with Gasteiger partial charge in [0.25, 0.3) is 0 Å². The van der Waals surface area contributed by atoms with E-state index >= 15 is 0 Å². The summed E-state index contributed by atoms with van der Waals surface area (Å²) in [6.07, 6.45) is 1.16. The Morgan fingerprint density at radius 3 is 1.53 bits per heavy atom. The summed E-state index contributed by atoms with van der Waals surface area (Å²) in [6.45, 7) is 0. The quantitative estimate of drug-likeness (QED) is 0.302. The van der Waals surface area contributed by atoms with Gasteiger partial charge in [-0.05, 0) is 5.56 Å². The molecule has 1 aromatic carbocycles. The van der Waals surface area contributed by atoms with Crippen molar-refractivity contribution < 1.29 is 9.59 Å². The van der Waals surface area contributed by atoms with E-state index in [1.807, 2.05) is 30.3 Å². The lowest BCUT2D eigenvalue weighted by Gasteiger charge is -2.02. The number of hydrogen-bond acceptors (Lipinski definition) is 6. The fourth-order valence-electron chi connectivity index (χ4n) is 0.675. The van der Waals surface area contributed by atoms with Gasteiger partial charge in [-0.1, -0.05) is 30.3 Å². The molecule has 6 N–H and O–H groups in total. The Hall–Kier alpha value is -2.10. The summed E-state index contributed by atoms with van der Waals surface area (Å²) < 4.78 is 0. The number of nitrogens with two attached hydrogens (primary N) is 2. The van der Waals surface area contributed by atoms with Crippen LogP contribution in [0.25, 0.3) is 0 Å². The minimum absolute atomic E-state index is 0.341. The highest BCUT2D eigenvalue weighted by molar-refractivity contribution is 5.26. The van der Waals surface area contributed by atoms with E-state index in [0.29, 0.717) is 0 Å². The van der Waals surface area contributed by atoms with Gasteiger partial charge in [-0.15, -0.1) is 0 Å². The third-order valence-electron chi connectivity index (χ3n) is 1.18. The van der Waals surface area contributed by atoms with Gasteiger partial charge in [0.2, 0.25) is 12.2 Å². The van der Waals surface area contributed by atoms with Crippen molar-refractivity contribution in [1.29, 1.82) is 10.8 Å². The molecule has 6 nitrogen and oxygen atoms in total. The minimum Gasteiger partial charge on any atom is -0.312 e. The van der Waals surface area contributed by atoms with Crippen molar-refractivity contribution in [3.05, 3.63) is 35.9 Å². The molecule has 0 aliphatic heterocycles. The van der Waals surface area contributed by atoms with E-state index in [4.69, 9.17) is 31.9 Å². The van der Waals surface area contributed by atoms with Crippen molar-refractivity contribution in [2.75, 3.05) is 0 Å². The second kappa shape index (κ2) is 11.9. The zero-order chi connectivity index (χ0) is 12.1. The Morgan fingerprint density at radius 2 is 1.33 bits per heavy atom. The first-order chi connectivity index (χ1) is 7.13. The molecule has 0 aliphatic rings. The van der Waals surface area contributed by atoms with Crippen molar-refractivity contribution in [2.24, 2.45) is 11.5 Å². The Kier molecular flexibility index (Phi) is 12.2. The zero-order valence-corrected chi connectivity index (χ0v) is 7.94. The first-order valence-electron chi connectivity index (χ1n) is 3.77. The van der Waals surface area contributed by atoms with E-state index in [-0.39, 0.29) is 6.17 Å². The molecule has 0 radical (unpaired) electrons. The lowest BCUT2D eigenvalue weighted by molar-refractivity contribution is 0.562. The zero-order valence-electron chi connectivity index (χ0n) is 7.94. The molecule has 0 bridgehead atoms. The summed E-state index contributed by atoms with van der Waals surface area (Å²) in [7, 11) is 0. The van der Waals surface area contributed by atoms with Crippen molar-refractivity contribution in [3.8, 4) is 0 Å². The van der Waals surface area contributed by atoms with E-state index < -0.39 is 0 Å². The highest BCUT2D eigenvalue weighted by atomic mass is 16.1. The molecule has 0 spiro atoms. The Labute approximate surface area is 86.9 Å². The van der Waals surface area contributed by atoms with E-state index in [1.165, 1.54) is 0 Å². The van der Waals surface area contributed by atoms with Crippen LogP contribution >= 0.6 is 0 Å². The standard InChI is InChI=1S/C7H10N2.2CHNO/c8-7(9)6-4-2-1-3-5-6;2*2-1-3/h1-5,7H,8-9H2;2*2H. The monoisotopic (exact) mass is 208 g/mol. The van der Waals surface area contributed by atoms with Crippen LogP contribution in [0.2, 0.25) is 0 Å². The first-order valence-corrected chi connectivity index (χ1v) is 3.77. The minimum atomic E-state index is -0.341. The molecule has 0 aliphatic carbocycles. The molecular formula is C9H12N4O2. The maximum absolute atomic E-state index is 8.35. The predicted molar refractivity (Wildman–Crippen MR) is 54.4 cm³/mol. The van der Waals surface area contributed by atoms with Crippen molar-refractivity contribution in [3.63, 3.8) is 0 Å². The molecule has 15 heavy (non-hydrogen) atoms. The number of nitrogens with one attached hydrogen (secondary N) is 2. The van der Waals surface area contributed by atoms with Gasteiger partial charge >= 0.3 is 0 Å². The lowest BCUT2D eigenvalue weighted by Crippen LogP contribution is -2.19. The highest BCUT2D eigenvalue weighted by Gasteiger charge is 1.93. The number of benzene rings is 1. The van der Waals surface area contributed by atoms with Crippen LogP contribution in [0.1, 0.15) is 11.7 Å². The molecule has 0 fully saturated rings. The average molecular weight is 208 g/mol. The van der Waals surface area contributed by atoms with Gasteiger partial charge in [0.1, 0.15) is 0 Å². The van der Waals surface area contributed by atoms with E-state index in [2.05, 4.69) is 0 Å². The molecule has 0 atom stereocenters. The van der Waals surface area contributed by atoms with Gasteiger partial charge in [-0.3, -0.25) is 0 Å². The van der Waals surface area contributed by atoms with Gasteiger partial charge in [-0.25, -0.2) is 20.4 Å². The van der Waals surface area contributed by atoms with Gasteiger partial charge in [-0.2, -0.15) is 0 Å². The summed E-state index contributed by atoms with van der Waals surface area (Å²) in [5.74, 6) is 0. The Balaban J connectivity index is 0. The Bertz CT molecular complexity index is 300. The van der Waals surface area contributed by atoms with Crippen molar-refractivity contribution in [2.45, 2.75) is 6.17 Å². The smallest absolute Gasteiger partial charge is 0.231 e. The molecular weight excluding hydrogens is 196 g/mol. The first kappa shape index (κ1) is 15.4. The van der Waals surface area contributed by atoms with Crippen LogP contribution in [0.4, 0.5) is 0 Å². The van der Waals surface area contributed by atoms with E-state index in [9.17, 15) is 0 Å². The highest BCUT2D eigenvalue weighted by Crippen LogP contribution is 2.01. The fraction of sp³-hybridized carbons (Fsp3) is 0.111. The molecule has 0 aromatic heterocycles. The van der Waals surface area contributed by atoms with Crippen LogP contribution < -0.4 is 11.5 Å². The molecule has 6 heteroatoms. The average Bonchev–Trinajstić information content (AvgIpc) is 2.21. The van der Waals surface area contributed by atoms with E-state index in [0.717, 1.165) is 17.7 Å². The van der Waals surface area contributed by atoms with E-state index in [1.54, 1.807) is 0 Å². The predicted octanol–water partition coefficient (Wildman–Crippen LogP) is 0.405. The second-order valence-corrected chi connectivity index (χ2v) is 2.14. The lowest BCUT2D eigenvalue weighted by atomic mass is 10.2. The molecule has 0 saturated heterocycles. The molecule has 0 heterocycles. The number of isocyanates is 2. The summed E-state index contributed by atoms with van der Waals surface area (Å²) in [5, 5.41) is 10.8. The number of rotatable bonds is 1. The Morgan fingerprint density at radius 1 is 1.00 bits per heavy atom. The summed E-state index contributed by atoms with van der Waals surface area (Å²) >= 11 is 0. The van der Waals surface area contributed by atoms with Crippen LogP contribution in [0.3, 0.4) is 0 Å². The second-order valence-electron chi connectivity index (χ2n) is 2.14. The molecule has 0 unspecified atom stereocenters. The maximum atomic E-state index is 8.35. The third kappa shape index (κ3) is 11.9. The SMILES string of the molecule is N=C=O.N=C=O.NC(N)c1ccccc1. The number of hydrogen-bond donors (Lipinski definition) is 4. The summed E-state index contributed by atoms with van der Waals surface area (Å²) in [5.41, 5.74) is 11.8. The summed E-state index contributed by atoms with van der Waals surface area (Å²) in [6, 6.07) is 9.59. The van der Waals surface area contributed by atoms with Crippen molar-refractivity contribution in [1.82, 2.24) is 0 Å². The van der Waals surface area contributed by atoms with Crippen LogP contribution in [-0.2, 0) is 9.59 Å². The van der Waals surface area contributed by atoms with Crippen LogP contribution in [0, 0.1) is 10.8 Å². The molecule has 0 saturated carbocycles. The van der Waals surface area contributed by atoms with Gasteiger partial charge in [0.05, 0.1) is 6.17 Å². The van der Waals surface area contributed by atoms with Gasteiger partial charge in [0, 0.05) is 0 Å². The van der Waals surface area contributed by atoms with Gasteiger partial charge < -0.3 is 11.5 Å². The maximum Gasteiger partial charge on any atom is 0.231 e. The van der Waals surface area contributed by atoms with Crippen LogP contribution in [0.15, 0.2) is 30.3 Å².